The molecule has 0 saturated carbocycles. The van der Waals surface area contributed by atoms with Crippen molar-refractivity contribution in [2.75, 3.05) is 6.54 Å². The summed E-state index contributed by atoms with van der Waals surface area (Å²) in [6.45, 7) is 5.63. The van der Waals surface area contributed by atoms with Crippen LogP contribution in [-0.4, -0.2) is 35.6 Å². The topological polar surface area (TPSA) is 15.3 Å². The lowest BCUT2D eigenvalue weighted by molar-refractivity contribution is 0.107. The maximum Gasteiger partial charge on any atom is 0.123 e. The lowest BCUT2D eigenvalue weighted by Gasteiger charge is -2.40. The van der Waals surface area contributed by atoms with Crippen LogP contribution in [0.25, 0.3) is 0 Å². The van der Waals surface area contributed by atoms with Crippen LogP contribution >= 0.6 is 0 Å². The highest BCUT2D eigenvalue weighted by molar-refractivity contribution is 5.17. The second-order valence-corrected chi connectivity index (χ2v) is 6.78. The SMILES string of the molecule is CCN(C(C)Cc1cccc(F)c1)C1CC2CCC(C1)N2. The largest absolute Gasteiger partial charge is 0.311 e. The number of hydrogen-bond donors (Lipinski definition) is 1. The summed E-state index contributed by atoms with van der Waals surface area (Å²) in [5, 5.41) is 3.72. The molecule has 0 amide bonds. The third-order valence-corrected chi connectivity index (χ3v) is 5.27. The maximum atomic E-state index is 13.3. The Balaban J connectivity index is 1.65. The number of halogens is 1. The zero-order valence-electron chi connectivity index (χ0n) is 13.2. The van der Waals surface area contributed by atoms with E-state index in [1.807, 2.05) is 12.1 Å². The van der Waals surface area contributed by atoms with Crippen LogP contribution in [0.3, 0.4) is 0 Å². The minimum Gasteiger partial charge on any atom is -0.311 e. The van der Waals surface area contributed by atoms with E-state index in [-0.39, 0.29) is 5.82 Å². The monoisotopic (exact) mass is 290 g/mol. The molecule has 2 aliphatic heterocycles. The Morgan fingerprint density at radius 3 is 2.62 bits per heavy atom. The summed E-state index contributed by atoms with van der Waals surface area (Å²) < 4.78 is 13.3. The average Bonchev–Trinajstić information content (AvgIpc) is 2.78. The molecule has 2 heterocycles. The number of hydrogen-bond acceptors (Lipinski definition) is 2. The van der Waals surface area contributed by atoms with Gasteiger partial charge in [-0.05, 0) is 63.3 Å². The van der Waals surface area contributed by atoms with Gasteiger partial charge in [-0.2, -0.15) is 0 Å². The zero-order valence-corrected chi connectivity index (χ0v) is 13.2. The molecule has 1 aromatic rings. The van der Waals surface area contributed by atoms with Gasteiger partial charge < -0.3 is 5.32 Å². The fourth-order valence-corrected chi connectivity index (χ4v) is 4.35. The Hall–Kier alpha value is -0.930. The second kappa shape index (κ2) is 6.45. The van der Waals surface area contributed by atoms with Gasteiger partial charge >= 0.3 is 0 Å². The minimum absolute atomic E-state index is 0.123. The highest BCUT2D eigenvalue weighted by atomic mass is 19.1. The zero-order chi connectivity index (χ0) is 14.8. The lowest BCUT2D eigenvalue weighted by Crippen LogP contribution is -2.51. The van der Waals surface area contributed by atoms with E-state index in [4.69, 9.17) is 0 Å². The van der Waals surface area contributed by atoms with Crippen LogP contribution in [-0.2, 0) is 6.42 Å². The standard InChI is InChI=1S/C18H27FN2/c1-3-21(18-11-16-7-8-17(12-18)20-16)13(2)9-14-5-4-6-15(19)10-14/h4-6,10,13,16-18,20H,3,7-9,11-12H2,1-2H3. The molecule has 0 radical (unpaired) electrons. The van der Waals surface area contributed by atoms with E-state index in [0.717, 1.165) is 30.6 Å². The van der Waals surface area contributed by atoms with E-state index in [2.05, 4.69) is 24.1 Å². The van der Waals surface area contributed by atoms with Gasteiger partial charge in [-0.3, -0.25) is 4.90 Å². The maximum absolute atomic E-state index is 13.3. The molecule has 1 aromatic carbocycles. The molecule has 3 unspecified atom stereocenters. The van der Waals surface area contributed by atoms with Gasteiger partial charge in [0.1, 0.15) is 5.82 Å². The molecular formula is C18H27FN2. The third-order valence-electron chi connectivity index (χ3n) is 5.27. The van der Waals surface area contributed by atoms with Gasteiger partial charge in [0.15, 0.2) is 0 Å². The molecule has 2 saturated heterocycles. The molecule has 21 heavy (non-hydrogen) atoms. The first-order chi connectivity index (χ1) is 10.2. The summed E-state index contributed by atoms with van der Waals surface area (Å²) in [5.41, 5.74) is 1.11. The predicted octanol–water partition coefficient (Wildman–Crippen LogP) is 3.36. The van der Waals surface area contributed by atoms with Crippen LogP contribution in [0.15, 0.2) is 24.3 Å². The van der Waals surface area contributed by atoms with Gasteiger partial charge in [-0.1, -0.05) is 19.1 Å². The number of likely N-dealkylation sites (N-methyl/N-ethyl adjacent to an activating group) is 1. The molecule has 116 valence electrons. The van der Waals surface area contributed by atoms with Crippen molar-refractivity contribution < 1.29 is 4.39 Å². The second-order valence-electron chi connectivity index (χ2n) is 6.78. The Bertz CT molecular complexity index is 464. The van der Waals surface area contributed by atoms with Crippen molar-refractivity contribution in [3.05, 3.63) is 35.6 Å². The fourth-order valence-electron chi connectivity index (χ4n) is 4.35. The molecule has 2 bridgehead atoms. The average molecular weight is 290 g/mol. The Morgan fingerprint density at radius 2 is 2.00 bits per heavy atom. The number of rotatable bonds is 5. The third kappa shape index (κ3) is 3.46. The van der Waals surface area contributed by atoms with Crippen LogP contribution in [0.2, 0.25) is 0 Å². The van der Waals surface area contributed by atoms with Crippen molar-refractivity contribution in [3.8, 4) is 0 Å². The van der Waals surface area contributed by atoms with Gasteiger partial charge in [0, 0.05) is 24.2 Å². The van der Waals surface area contributed by atoms with Gasteiger partial charge in [-0.15, -0.1) is 0 Å². The van der Waals surface area contributed by atoms with E-state index < -0.39 is 0 Å². The Morgan fingerprint density at radius 1 is 1.29 bits per heavy atom. The van der Waals surface area contributed by atoms with Gasteiger partial charge in [0.25, 0.3) is 0 Å². The number of benzene rings is 1. The first-order valence-corrected chi connectivity index (χ1v) is 8.42. The molecule has 2 aliphatic rings. The summed E-state index contributed by atoms with van der Waals surface area (Å²) in [4.78, 5) is 2.64. The molecule has 0 spiro atoms. The molecule has 3 rings (SSSR count). The Kier molecular flexibility index (Phi) is 4.60. The molecule has 1 N–H and O–H groups in total. The van der Waals surface area contributed by atoms with Gasteiger partial charge in [0.05, 0.1) is 0 Å². The number of nitrogens with one attached hydrogen (secondary N) is 1. The molecule has 2 fully saturated rings. The quantitative estimate of drug-likeness (QED) is 0.894. The summed E-state index contributed by atoms with van der Waals surface area (Å²) >= 11 is 0. The molecule has 3 atom stereocenters. The van der Waals surface area contributed by atoms with E-state index >= 15 is 0 Å². The van der Waals surface area contributed by atoms with E-state index in [1.165, 1.54) is 31.7 Å². The van der Waals surface area contributed by atoms with Crippen LogP contribution < -0.4 is 5.32 Å². The van der Waals surface area contributed by atoms with Gasteiger partial charge in [-0.25, -0.2) is 4.39 Å². The summed E-state index contributed by atoms with van der Waals surface area (Å²) in [7, 11) is 0. The molecule has 0 aromatic heterocycles. The van der Waals surface area contributed by atoms with Crippen LogP contribution in [0.1, 0.15) is 45.1 Å². The first kappa shape index (κ1) is 15.0. The molecular weight excluding hydrogens is 263 g/mol. The highest BCUT2D eigenvalue weighted by Crippen LogP contribution is 2.31. The first-order valence-electron chi connectivity index (χ1n) is 8.42. The summed E-state index contributed by atoms with van der Waals surface area (Å²) in [6.07, 6.45) is 6.18. The number of fused-ring (bicyclic) bond motifs is 2. The normalized spacial score (nSPS) is 29.8. The molecule has 2 nitrogen and oxygen atoms in total. The molecule has 0 aliphatic carbocycles. The molecule has 3 heteroatoms. The van der Waals surface area contributed by atoms with E-state index in [1.54, 1.807) is 6.07 Å². The minimum atomic E-state index is -0.123. The van der Waals surface area contributed by atoms with Gasteiger partial charge in [0.2, 0.25) is 0 Å². The van der Waals surface area contributed by atoms with Crippen molar-refractivity contribution in [3.63, 3.8) is 0 Å². The summed E-state index contributed by atoms with van der Waals surface area (Å²) in [6, 6.07) is 9.68. The fraction of sp³-hybridized carbons (Fsp3) is 0.667. The van der Waals surface area contributed by atoms with Crippen molar-refractivity contribution in [1.29, 1.82) is 0 Å². The van der Waals surface area contributed by atoms with Crippen LogP contribution in [0, 0.1) is 5.82 Å². The predicted molar refractivity (Wildman–Crippen MR) is 84.9 cm³/mol. The van der Waals surface area contributed by atoms with Crippen LogP contribution in [0.5, 0.6) is 0 Å². The number of piperidine rings is 1. The van der Waals surface area contributed by atoms with Crippen LogP contribution in [0.4, 0.5) is 4.39 Å². The highest BCUT2D eigenvalue weighted by Gasteiger charge is 2.36. The van der Waals surface area contributed by atoms with E-state index in [9.17, 15) is 4.39 Å². The number of nitrogens with zero attached hydrogens (tertiary/aromatic N) is 1. The Labute approximate surface area is 127 Å². The van der Waals surface area contributed by atoms with Crippen molar-refractivity contribution >= 4 is 0 Å². The van der Waals surface area contributed by atoms with Crippen molar-refractivity contribution in [1.82, 2.24) is 10.2 Å². The summed E-state index contributed by atoms with van der Waals surface area (Å²) in [5.74, 6) is -0.123. The van der Waals surface area contributed by atoms with Crippen molar-refractivity contribution in [2.45, 2.75) is 70.1 Å². The smallest absolute Gasteiger partial charge is 0.123 e. The van der Waals surface area contributed by atoms with Crippen molar-refractivity contribution in [2.24, 2.45) is 0 Å². The van der Waals surface area contributed by atoms with E-state index in [0.29, 0.717) is 12.1 Å². The lowest BCUT2D eigenvalue weighted by atomic mass is 9.95.